The maximum Gasteiger partial charge on any atom is 0.514 e. The Morgan fingerprint density at radius 3 is 1.59 bits per heavy atom. The van der Waals surface area contributed by atoms with Gasteiger partial charge in [-0.15, -0.1) is 0 Å². The lowest BCUT2D eigenvalue weighted by atomic mass is 9.79. The summed E-state index contributed by atoms with van der Waals surface area (Å²) in [7, 11) is 3.13. The number of hydroxylamine groups is 4. The standard InChI is InChI=1S/C26H30N6O3.C18H24BrN3O3.C14H18BN3O2/c1-25(2)14-18(9-12-33-25)22-15-26(30-24(27)31(3)35-26)19-13-17(7-8-21(19)34-22)20-5-4-6-23(29-20)32-11-10-28-16-32;1-17(2)9-11(6-7-23-17)15-10-18(21-16(20)22(3)25-18)13-8-12(19)4-5-14(13)24-15;1-13(2)14(3,4)20-15(19-13)11-6-5-7-12(17-11)18-9-8-16-10-18/h4-8,10-11,13,16,18,22H,9,12,14-15H2,1-3H3,(H2,27,30);4-5,8,11,15H,6-7,9-10H2,1-3H3,(H2,20,21);5-10H,1-4H3. The van der Waals surface area contributed by atoms with Gasteiger partial charge in [-0.3, -0.25) is 9.13 Å². The van der Waals surface area contributed by atoms with Crippen LogP contribution in [0.3, 0.4) is 0 Å². The molecule has 6 aromatic rings. The van der Waals surface area contributed by atoms with Crippen LogP contribution in [0.25, 0.3) is 22.9 Å². The minimum absolute atomic E-state index is 0.0138. The number of ether oxygens (including phenoxy) is 4. The predicted octanol–water partition coefficient (Wildman–Crippen LogP) is 8.35. The normalized spacial score (nSPS) is 27.6. The van der Waals surface area contributed by atoms with Gasteiger partial charge in [0.05, 0.1) is 44.8 Å². The smallest absolute Gasteiger partial charge is 0.489 e. The van der Waals surface area contributed by atoms with Crippen LogP contribution in [-0.2, 0) is 39.9 Å². The SMILES string of the molecule is CC1(C)OB(c2cccc(-n3ccnc3)n2)OC1(C)C.CN1OC2(CC(C3CCOC(C)(C)C3)Oc3ccc(-c4cccc(-n5ccnc5)n4)cc32)N=C1N.CN1OC2(CC(C3CCOC(C)(C)C3)Oc3ccc(Br)cc32)N=C1N. The Balaban J connectivity index is 0.000000132. The highest BCUT2D eigenvalue weighted by Gasteiger charge is 2.54. The fourth-order valence-electron chi connectivity index (χ4n) is 11.6. The van der Waals surface area contributed by atoms with E-state index in [1.807, 2.05) is 116 Å². The van der Waals surface area contributed by atoms with Crippen molar-refractivity contribution in [2.45, 2.75) is 140 Å². The van der Waals surface area contributed by atoms with Gasteiger partial charge in [-0.25, -0.2) is 49.7 Å². The van der Waals surface area contributed by atoms with Gasteiger partial charge < -0.3 is 39.7 Å². The highest BCUT2D eigenvalue weighted by molar-refractivity contribution is 9.10. The quantitative estimate of drug-likeness (QED) is 0.150. The molecule has 4 aromatic heterocycles. The van der Waals surface area contributed by atoms with Crippen LogP contribution in [0.5, 0.6) is 11.5 Å². The van der Waals surface area contributed by atoms with Gasteiger partial charge >= 0.3 is 7.12 Å². The van der Waals surface area contributed by atoms with Crippen molar-refractivity contribution in [3.63, 3.8) is 0 Å². The summed E-state index contributed by atoms with van der Waals surface area (Å²) in [4.78, 5) is 39.6. The summed E-state index contributed by atoms with van der Waals surface area (Å²) in [6.07, 6.45) is 15.6. The molecule has 13 rings (SSSR count). The average molecular weight is 1160 g/mol. The van der Waals surface area contributed by atoms with Crippen LogP contribution in [-0.4, -0.2) is 120 Å². The van der Waals surface area contributed by atoms with E-state index in [4.69, 9.17) is 64.4 Å². The number of rotatable bonds is 6. The molecule has 6 unspecified atom stereocenters. The van der Waals surface area contributed by atoms with E-state index in [1.54, 1.807) is 49.3 Å². The van der Waals surface area contributed by atoms with Crippen molar-refractivity contribution >= 4 is 40.6 Å². The van der Waals surface area contributed by atoms with E-state index in [2.05, 4.69) is 64.6 Å². The molecule has 422 valence electrons. The highest BCUT2D eigenvalue weighted by atomic mass is 79.9. The monoisotopic (exact) mass is 1150 g/mol. The molecule has 11 heterocycles. The third kappa shape index (κ3) is 11.2. The van der Waals surface area contributed by atoms with Crippen LogP contribution in [0.1, 0.15) is 105 Å². The lowest BCUT2D eigenvalue weighted by Gasteiger charge is -2.44. The van der Waals surface area contributed by atoms with Crippen molar-refractivity contribution in [1.29, 1.82) is 0 Å². The third-order valence-corrected chi connectivity index (χ3v) is 16.9. The second kappa shape index (κ2) is 21.2. The lowest BCUT2D eigenvalue weighted by Crippen LogP contribution is -2.46. The number of nitrogens with zero attached hydrogens (tertiary/aromatic N) is 10. The lowest BCUT2D eigenvalue weighted by molar-refractivity contribution is -0.199. The van der Waals surface area contributed by atoms with Gasteiger partial charge in [0.25, 0.3) is 0 Å². The van der Waals surface area contributed by atoms with Gasteiger partial charge in [0.2, 0.25) is 23.4 Å². The summed E-state index contributed by atoms with van der Waals surface area (Å²) in [5, 5.41) is 3.09. The van der Waals surface area contributed by atoms with Crippen LogP contribution in [0, 0.1) is 11.8 Å². The average Bonchev–Trinajstić information content (AvgIpc) is 4.40. The van der Waals surface area contributed by atoms with Crippen LogP contribution in [0.4, 0.5) is 0 Å². The van der Waals surface area contributed by atoms with Crippen LogP contribution >= 0.6 is 15.9 Å². The molecule has 2 aromatic carbocycles. The molecular weight excluding hydrogens is 1080 g/mol. The van der Waals surface area contributed by atoms with Gasteiger partial charge in [-0.1, -0.05) is 28.1 Å². The van der Waals surface area contributed by atoms with Crippen LogP contribution in [0.2, 0.25) is 0 Å². The van der Waals surface area contributed by atoms with Gasteiger partial charge in [-0.2, -0.15) is 0 Å². The molecule has 0 aliphatic carbocycles. The van der Waals surface area contributed by atoms with Gasteiger partial charge in [0.1, 0.15) is 48.0 Å². The zero-order valence-electron chi connectivity index (χ0n) is 47.2. The number of fused-ring (bicyclic) bond motifs is 4. The molecule has 3 saturated heterocycles. The molecule has 7 aliphatic heterocycles. The number of pyridine rings is 2. The van der Waals surface area contributed by atoms with E-state index in [9.17, 15) is 0 Å². The van der Waals surface area contributed by atoms with E-state index in [1.165, 1.54) is 0 Å². The van der Waals surface area contributed by atoms with E-state index < -0.39 is 18.6 Å². The first kappa shape index (κ1) is 55.5. The van der Waals surface area contributed by atoms with Crippen molar-refractivity contribution in [3.05, 3.63) is 126 Å². The molecule has 2 spiro atoms. The first-order valence-corrected chi connectivity index (χ1v) is 28.2. The maximum absolute atomic E-state index is 6.60. The van der Waals surface area contributed by atoms with E-state index in [0.29, 0.717) is 36.6 Å². The summed E-state index contributed by atoms with van der Waals surface area (Å²) in [6.45, 7) is 18.2. The highest BCUT2D eigenvalue weighted by Crippen LogP contribution is 2.52. The molecule has 6 atom stereocenters. The molecule has 3 fully saturated rings. The fraction of sp³-hybridized carbons (Fsp3) is 0.483. The molecule has 80 heavy (non-hydrogen) atoms. The third-order valence-electron chi connectivity index (χ3n) is 16.4. The maximum atomic E-state index is 6.60. The number of nitrogens with two attached hydrogens (primary N) is 2. The Kier molecular flexibility index (Phi) is 14.7. The first-order chi connectivity index (χ1) is 38.0. The first-order valence-electron chi connectivity index (χ1n) is 27.4. The topological polar surface area (TPSA) is 218 Å². The molecule has 22 heteroatoms. The summed E-state index contributed by atoms with van der Waals surface area (Å²) in [5.41, 5.74) is 13.8. The molecule has 0 saturated carbocycles. The summed E-state index contributed by atoms with van der Waals surface area (Å²) in [5.74, 6) is 4.65. The minimum atomic E-state index is -0.933. The molecule has 0 bridgehead atoms. The van der Waals surface area contributed by atoms with Crippen molar-refractivity contribution in [2.75, 3.05) is 27.3 Å². The van der Waals surface area contributed by atoms with E-state index >= 15 is 0 Å². The zero-order chi connectivity index (χ0) is 56.4. The zero-order valence-corrected chi connectivity index (χ0v) is 48.8. The second-order valence-corrected chi connectivity index (χ2v) is 24.7. The number of hydrogen-bond donors (Lipinski definition) is 2. The predicted molar refractivity (Wildman–Crippen MR) is 306 cm³/mol. The fourth-order valence-corrected chi connectivity index (χ4v) is 11.9. The van der Waals surface area contributed by atoms with E-state index in [-0.39, 0.29) is 34.6 Å². The number of aromatic nitrogens is 6. The van der Waals surface area contributed by atoms with Crippen LogP contribution < -0.4 is 26.5 Å². The summed E-state index contributed by atoms with van der Waals surface area (Å²) < 4.78 is 41.5. The Labute approximate surface area is 476 Å². The van der Waals surface area contributed by atoms with Crippen LogP contribution in [0.15, 0.2) is 125 Å². The molecule has 0 radical (unpaired) electrons. The second-order valence-electron chi connectivity index (χ2n) is 23.8. The van der Waals surface area contributed by atoms with Gasteiger partial charge in [0.15, 0.2) is 0 Å². The summed E-state index contributed by atoms with van der Waals surface area (Å²) in [6, 6.07) is 23.8. The Hall–Kier alpha value is -6.40. The van der Waals surface area contributed by atoms with Crippen molar-refractivity contribution in [1.82, 2.24) is 39.2 Å². The Bertz CT molecular complexity index is 3250. The number of benzene rings is 2. The molecule has 4 N–H and O–H groups in total. The number of aliphatic imine (C=N–C) groups is 2. The van der Waals surface area contributed by atoms with Crippen molar-refractivity contribution in [2.24, 2.45) is 33.3 Å². The number of imidazole rings is 2. The van der Waals surface area contributed by atoms with Crippen molar-refractivity contribution in [3.8, 4) is 34.4 Å². The molecule has 0 amide bonds. The Morgan fingerprint density at radius 1 is 0.600 bits per heavy atom. The molecule has 7 aliphatic rings. The largest absolute Gasteiger partial charge is 0.514 e. The minimum Gasteiger partial charge on any atom is -0.489 e. The number of halogens is 1. The number of guanidine groups is 2. The molecule has 20 nitrogen and oxygen atoms in total. The van der Waals surface area contributed by atoms with Gasteiger partial charge in [-0.05, 0) is 142 Å². The molecular formula is C58H72BBrN12O8. The summed E-state index contributed by atoms with van der Waals surface area (Å²) >= 11 is 3.54. The number of hydrogen-bond acceptors (Lipinski definition) is 18. The van der Waals surface area contributed by atoms with Gasteiger partial charge in [0, 0.05) is 86.8 Å². The van der Waals surface area contributed by atoms with Crippen molar-refractivity contribution < 1.29 is 37.9 Å². The Morgan fingerprint density at radius 2 is 1.10 bits per heavy atom. The van der Waals surface area contributed by atoms with E-state index in [0.717, 1.165) is 94.5 Å².